The van der Waals surface area contributed by atoms with E-state index in [0.717, 1.165) is 5.92 Å². The molecule has 192 valence electrons. The van der Waals surface area contributed by atoms with Crippen molar-refractivity contribution in [3.8, 4) is 11.1 Å². The van der Waals surface area contributed by atoms with Crippen molar-refractivity contribution in [1.29, 1.82) is 0 Å². The fourth-order valence-corrected chi connectivity index (χ4v) is 8.36. The van der Waals surface area contributed by atoms with Crippen molar-refractivity contribution in [1.82, 2.24) is 0 Å². The Labute approximate surface area is 231 Å². The van der Waals surface area contributed by atoms with E-state index in [9.17, 15) is 0 Å². The van der Waals surface area contributed by atoms with Crippen LogP contribution in [-0.4, -0.2) is 5.54 Å². The van der Waals surface area contributed by atoms with Gasteiger partial charge in [0.2, 0.25) is 0 Å². The second-order valence-electron chi connectivity index (χ2n) is 12.5. The first kappa shape index (κ1) is 23.1. The Kier molecular flexibility index (Phi) is 4.79. The summed E-state index contributed by atoms with van der Waals surface area (Å²) in [6.45, 7) is 7.47. The summed E-state index contributed by atoms with van der Waals surface area (Å²) < 4.78 is 0. The first-order chi connectivity index (χ1) is 19.0. The molecular weight excluding hydrogens is 470 g/mol. The monoisotopic (exact) mass is 505 g/mol. The lowest BCUT2D eigenvalue weighted by Gasteiger charge is -2.52. The molecule has 3 atom stereocenters. The highest BCUT2D eigenvalue weighted by atomic mass is 15.3. The third kappa shape index (κ3) is 3.02. The molecule has 2 aliphatic rings. The van der Waals surface area contributed by atoms with E-state index in [1.807, 2.05) is 0 Å². The van der Waals surface area contributed by atoms with Crippen LogP contribution in [0.15, 0.2) is 103 Å². The van der Waals surface area contributed by atoms with Gasteiger partial charge in [0.15, 0.2) is 0 Å². The number of nitrogens with zero attached hydrogens (tertiary/aromatic N) is 1. The van der Waals surface area contributed by atoms with Crippen LogP contribution in [0.1, 0.15) is 52.0 Å². The molecule has 8 rings (SSSR count). The van der Waals surface area contributed by atoms with E-state index >= 15 is 0 Å². The van der Waals surface area contributed by atoms with Gasteiger partial charge in [0.05, 0.1) is 5.54 Å². The summed E-state index contributed by atoms with van der Waals surface area (Å²) in [4.78, 5) is 2.68. The van der Waals surface area contributed by atoms with Crippen LogP contribution in [0.2, 0.25) is 0 Å². The minimum absolute atomic E-state index is 0.0592. The van der Waals surface area contributed by atoms with Gasteiger partial charge in [-0.3, -0.25) is 0 Å². The smallest absolute Gasteiger partial charge is 0.0518 e. The highest BCUT2D eigenvalue weighted by molar-refractivity contribution is 6.25. The summed E-state index contributed by atoms with van der Waals surface area (Å²) in [5, 5.41) is 8.12. The van der Waals surface area contributed by atoms with Crippen molar-refractivity contribution >= 4 is 43.7 Å². The number of rotatable bonds is 3. The Morgan fingerprint density at radius 2 is 1.46 bits per heavy atom. The zero-order valence-corrected chi connectivity index (χ0v) is 23.2. The van der Waals surface area contributed by atoms with Crippen LogP contribution in [0.25, 0.3) is 43.4 Å². The van der Waals surface area contributed by atoms with Crippen LogP contribution in [0, 0.1) is 5.92 Å². The van der Waals surface area contributed by atoms with E-state index in [0.29, 0.717) is 0 Å². The minimum atomic E-state index is 0.0592. The lowest BCUT2D eigenvalue weighted by atomic mass is 9.58. The summed E-state index contributed by atoms with van der Waals surface area (Å²) >= 11 is 0. The van der Waals surface area contributed by atoms with Crippen molar-refractivity contribution in [3.63, 3.8) is 0 Å². The van der Waals surface area contributed by atoms with Gasteiger partial charge in [-0.05, 0) is 105 Å². The molecule has 1 heteroatoms. The fourth-order valence-electron chi connectivity index (χ4n) is 8.36. The molecular formula is C38H35N. The van der Waals surface area contributed by atoms with E-state index in [1.165, 1.54) is 86.1 Å². The van der Waals surface area contributed by atoms with Crippen LogP contribution in [-0.2, 0) is 5.41 Å². The van der Waals surface area contributed by atoms with Crippen LogP contribution < -0.4 is 4.90 Å². The number of benzene rings is 6. The van der Waals surface area contributed by atoms with Crippen LogP contribution in [0.5, 0.6) is 0 Å². The van der Waals surface area contributed by atoms with Crippen LogP contribution >= 0.6 is 0 Å². The highest BCUT2D eigenvalue weighted by Gasteiger charge is 2.59. The van der Waals surface area contributed by atoms with E-state index in [2.05, 4.69) is 129 Å². The molecule has 0 radical (unpaired) electrons. The molecule has 0 spiro atoms. The molecule has 0 amide bonds. The second-order valence-corrected chi connectivity index (χ2v) is 12.5. The average Bonchev–Trinajstić information content (AvgIpc) is 3.18. The summed E-state index contributed by atoms with van der Waals surface area (Å²) in [6, 6.07) is 39.0. The quantitative estimate of drug-likeness (QED) is 0.216. The lowest BCUT2D eigenvalue weighted by molar-refractivity contribution is 0.143. The van der Waals surface area contributed by atoms with Gasteiger partial charge in [-0.1, -0.05) is 99.1 Å². The minimum Gasteiger partial charge on any atom is -0.334 e. The summed E-state index contributed by atoms with van der Waals surface area (Å²) in [5.41, 5.74) is 7.06. The highest BCUT2D eigenvalue weighted by Crippen LogP contribution is 2.62. The lowest BCUT2D eigenvalue weighted by Crippen LogP contribution is -2.56. The van der Waals surface area contributed by atoms with Crippen molar-refractivity contribution in [2.75, 3.05) is 4.90 Å². The second kappa shape index (κ2) is 8.09. The van der Waals surface area contributed by atoms with E-state index in [4.69, 9.17) is 0 Å². The standard InChI is InChI=1S/C38H35N/c1-4-25-21-22-38(3)37(2,24-25)33-23-29(17-20-34(33)39(38)30-11-6-5-7-12-30)31-18-15-28-14-13-26-9-8-10-27-16-19-32(31)36(28)35(26)27/h5-20,23,25H,4,21-22,24H2,1-3H3. The topological polar surface area (TPSA) is 3.24 Å². The Morgan fingerprint density at radius 3 is 2.23 bits per heavy atom. The van der Waals surface area contributed by atoms with E-state index < -0.39 is 0 Å². The number of hydrogen-bond acceptors (Lipinski definition) is 1. The molecule has 3 unspecified atom stereocenters. The molecule has 0 saturated heterocycles. The third-order valence-corrected chi connectivity index (χ3v) is 10.7. The molecule has 39 heavy (non-hydrogen) atoms. The number of hydrogen-bond donors (Lipinski definition) is 0. The Hall–Kier alpha value is -3.84. The molecule has 1 aliphatic heterocycles. The largest absolute Gasteiger partial charge is 0.334 e. The molecule has 6 aromatic rings. The maximum atomic E-state index is 2.68. The van der Waals surface area contributed by atoms with E-state index in [-0.39, 0.29) is 11.0 Å². The van der Waals surface area contributed by atoms with Crippen molar-refractivity contribution in [3.05, 3.63) is 109 Å². The normalized spacial score (nSPS) is 24.5. The maximum absolute atomic E-state index is 2.68. The van der Waals surface area contributed by atoms with Gasteiger partial charge in [-0.15, -0.1) is 0 Å². The Bertz CT molecular complexity index is 1850. The molecule has 6 aromatic carbocycles. The van der Waals surface area contributed by atoms with Gasteiger partial charge in [0.25, 0.3) is 0 Å². The first-order valence-electron chi connectivity index (χ1n) is 14.7. The molecule has 0 aromatic heterocycles. The van der Waals surface area contributed by atoms with Crippen LogP contribution in [0.4, 0.5) is 11.4 Å². The Balaban J connectivity index is 1.37. The first-order valence-corrected chi connectivity index (χ1v) is 14.7. The zero-order valence-electron chi connectivity index (χ0n) is 23.2. The predicted octanol–water partition coefficient (Wildman–Crippen LogP) is 10.6. The number of fused-ring (bicyclic) bond motifs is 3. The molecule has 1 heterocycles. The molecule has 0 bridgehead atoms. The van der Waals surface area contributed by atoms with Gasteiger partial charge in [-0.2, -0.15) is 0 Å². The van der Waals surface area contributed by atoms with Gasteiger partial charge < -0.3 is 4.90 Å². The maximum Gasteiger partial charge on any atom is 0.0518 e. The average molecular weight is 506 g/mol. The zero-order chi connectivity index (χ0) is 26.4. The summed E-state index contributed by atoms with van der Waals surface area (Å²) in [6.07, 6.45) is 5.04. The molecule has 1 saturated carbocycles. The predicted molar refractivity (Wildman–Crippen MR) is 168 cm³/mol. The molecule has 1 nitrogen and oxygen atoms in total. The van der Waals surface area contributed by atoms with Gasteiger partial charge >= 0.3 is 0 Å². The van der Waals surface area contributed by atoms with Crippen molar-refractivity contribution in [2.45, 2.75) is 57.4 Å². The SMILES string of the molecule is CCC1CCC2(C)N(c3ccccc3)c3ccc(-c4ccc5ccc6cccc7ccc4c5c67)cc3C2(C)C1. The molecule has 0 N–H and O–H groups in total. The summed E-state index contributed by atoms with van der Waals surface area (Å²) in [7, 11) is 0. The fraction of sp³-hybridized carbons (Fsp3) is 0.263. The van der Waals surface area contributed by atoms with E-state index in [1.54, 1.807) is 0 Å². The van der Waals surface area contributed by atoms with Crippen molar-refractivity contribution in [2.24, 2.45) is 5.92 Å². The van der Waals surface area contributed by atoms with Gasteiger partial charge in [-0.25, -0.2) is 0 Å². The van der Waals surface area contributed by atoms with Gasteiger partial charge in [0.1, 0.15) is 0 Å². The van der Waals surface area contributed by atoms with Crippen molar-refractivity contribution < 1.29 is 0 Å². The Morgan fingerprint density at radius 1 is 0.744 bits per heavy atom. The number of para-hydroxylation sites is 1. The van der Waals surface area contributed by atoms with Gasteiger partial charge in [0, 0.05) is 16.8 Å². The number of anilines is 2. The van der Waals surface area contributed by atoms with Crippen LogP contribution in [0.3, 0.4) is 0 Å². The molecule has 1 fully saturated rings. The third-order valence-electron chi connectivity index (χ3n) is 10.7. The summed E-state index contributed by atoms with van der Waals surface area (Å²) in [5.74, 6) is 0.782. The molecule has 1 aliphatic carbocycles.